The third kappa shape index (κ3) is 6.23. The van der Waals surface area contributed by atoms with Crippen LogP contribution in [0.2, 0.25) is 0 Å². The Morgan fingerprint density at radius 3 is 2.17 bits per heavy atom. The summed E-state index contributed by atoms with van der Waals surface area (Å²) in [7, 11) is 3.00. The van der Waals surface area contributed by atoms with Crippen LogP contribution in [0.5, 0.6) is 11.5 Å². The summed E-state index contributed by atoms with van der Waals surface area (Å²) in [4.78, 5) is 36.5. The molecule has 0 heterocycles. The average molecular weight is 414 g/mol. The molecule has 2 aromatic rings. The van der Waals surface area contributed by atoms with Crippen molar-refractivity contribution in [2.75, 3.05) is 26.1 Å². The Bertz CT molecular complexity index is 921. The van der Waals surface area contributed by atoms with E-state index < -0.39 is 18.0 Å². The number of hydrogen-bond donors (Lipinski definition) is 2. The first-order chi connectivity index (χ1) is 14.2. The first-order valence-corrected chi connectivity index (χ1v) is 9.32. The van der Waals surface area contributed by atoms with Crippen LogP contribution < -0.4 is 20.1 Å². The number of rotatable bonds is 8. The van der Waals surface area contributed by atoms with Crippen molar-refractivity contribution in [3.05, 3.63) is 53.1 Å². The predicted octanol–water partition coefficient (Wildman–Crippen LogP) is 2.62. The lowest BCUT2D eigenvalue weighted by molar-refractivity contribution is -0.152. The normalized spacial score (nSPS) is 11.2. The molecule has 0 radical (unpaired) electrons. The molecule has 0 saturated heterocycles. The van der Waals surface area contributed by atoms with Gasteiger partial charge >= 0.3 is 5.97 Å². The molecule has 1 unspecified atom stereocenters. The molecule has 2 N–H and O–H groups in total. The van der Waals surface area contributed by atoms with E-state index in [1.165, 1.54) is 21.1 Å². The number of hydrogen-bond acceptors (Lipinski definition) is 6. The zero-order chi connectivity index (χ0) is 22.3. The van der Waals surface area contributed by atoms with E-state index in [1.54, 1.807) is 30.3 Å². The average Bonchev–Trinajstić information content (AvgIpc) is 2.70. The highest BCUT2D eigenvalue weighted by Crippen LogP contribution is 2.29. The maximum Gasteiger partial charge on any atom is 0.326 e. The van der Waals surface area contributed by atoms with Crippen LogP contribution in [0.4, 0.5) is 5.69 Å². The summed E-state index contributed by atoms with van der Waals surface area (Å²) in [6.45, 7) is 4.87. The minimum atomic E-state index is -1.05. The summed E-state index contributed by atoms with van der Waals surface area (Å²) < 4.78 is 15.4. The number of nitrogens with one attached hydrogen (secondary N) is 2. The van der Waals surface area contributed by atoms with Crippen molar-refractivity contribution < 1.29 is 28.6 Å². The maximum atomic E-state index is 12.3. The van der Waals surface area contributed by atoms with E-state index in [1.807, 2.05) is 19.9 Å². The minimum Gasteiger partial charge on any atom is -0.493 e. The fraction of sp³-hybridized carbons (Fsp3) is 0.318. The van der Waals surface area contributed by atoms with Crippen molar-refractivity contribution in [2.45, 2.75) is 26.9 Å². The van der Waals surface area contributed by atoms with Gasteiger partial charge in [0.2, 0.25) is 0 Å². The van der Waals surface area contributed by atoms with Crippen molar-refractivity contribution in [1.29, 1.82) is 0 Å². The molecule has 8 nitrogen and oxygen atoms in total. The van der Waals surface area contributed by atoms with Gasteiger partial charge in [0, 0.05) is 17.3 Å². The van der Waals surface area contributed by atoms with Crippen LogP contribution in [0.3, 0.4) is 0 Å². The smallest absolute Gasteiger partial charge is 0.326 e. The molecule has 0 bridgehead atoms. The molecule has 0 aliphatic heterocycles. The lowest BCUT2D eigenvalue weighted by Crippen LogP contribution is -2.35. The van der Waals surface area contributed by atoms with Crippen molar-refractivity contribution in [2.24, 2.45) is 0 Å². The summed E-state index contributed by atoms with van der Waals surface area (Å²) in [5, 5.41) is 5.14. The molecule has 2 amide bonds. The van der Waals surface area contributed by atoms with Crippen molar-refractivity contribution in [3.8, 4) is 11.5 Å². The maximum absolute atomic E-state index is 12.3. The van der Waals surface area contributed by atoms with Crippen LogP contribution in [0.15, 0.2) is 36.4 Å². The fourth-order valence-electron chi connectivity index (χ4n) is 2.81. The SMILES string of the molecule is COc1ccc(NC(=O)C(C)OC(=O)CNC(=O)c2cc(C)cc(C)c2)cc1OC. The van der Waals surface area contributed by atoms with Crippen molar-refractivity contribution in [3.63, 3.8) is 0 Å². The van der Waals surface area contributed by atoms with Gasteiger partial charge in [0.25, 0.3) is 11.8 Å². The number of amides is 2. The molecule has 0 aliphatic rings. The van der Waals surface area contributed by atoms with Crippen LogP contribution in [-0.4, -0.2) is 44.7 Å². The second kappa shape index (κ2) is 10.3. The van der Waals surface area contributed by atoms with Crippen LogP contribution in [0, 0.1) is 13.8 Å². The number of benzene rings is 2. The zero-order valence-corrected chi connectivity index (χ0v) is 17.7. The molecule has 0 fully saturated rings. The monoisotopic (exact) mass is 414 g/mol. The number of methoxy groups -OCH3 is 2. The third-order valence-electron chi connectivity index (χ3n) is 4.21. The highest BCUT2D eigenvalue weighted by atomic mass is 16.5. The lowest BCUT2D eigenvalue weighted by Gasteiger charge is -2.15. The van der Waals surface area contributed by atoms with Crippen molar-refractivity contribution in [1.82, 2.24) is 5.32 Å². The molecular formula is C22H26N2O6. The predicted molar refractivity (Wildman–Crippen MR) is 112 cm³/mol. The number of ether oxygens (including phenoxy) is 3. The van der Waals surface area contributed by atoms with E-state index in [-0.39, 0.29) is 12.5 Å². The van der Waals surface area contributed by atoms with E-state index in [0.29, 0.717) is 22.7 Å². The summed E-state index contributed by atoms with van der Waals surface area (Å²) >= 11 is 0. The Morgan fingerprint density at radius 2 is 1.57 bits per heavy atom. The molecule has 2 aromatic carbocycles. The van der Waals surface area contributed by atoms with Gasteiger partial charge in [-0.2, -0.15) is 0 Å². The molecule has 0 spiro atoms. The van der Waals surface area contributed by atoms with Gasteiger partial charge < -0.3 is 24.8 Å². The standard InChI is InChI=1S/C22H26N2O6/c1-13-8-14(2)10-16(9-13)22(27)23-12-20(25)30-15(3)21(26)24-17-6-7-18(28-4)19(11-17)29-5/h6-11,15H,12H2,1-5H3,(H,23,27)(H,24,26). The third-order valence-corrected chi connectivity index (χ3v) is 4.21. The minimum absolute atomic E-state index is 0.347. The second-order valence-corrected chi connectivity index (χ2v) is 6.75. The molecule has 0 saturated carbocycles. The highest BCUT2D eigenvalue weighted by molar-refractivity contribution is 5.97. The van der Waals surface area contributed by atoms with E-state index in [9.17, 15) is 14.4 Å². The Morgan fingerprint density at radius 1 is 0.933 bits per heavy atom. The summed E-state index contributed by atoms with van der Waals surface area (Å²) in [6, 6.07) is 10.3. The van der Waals surface area contributed by atoms with Gasteiger partial charge in [0.15, 0.2) is 17.6 Å². The Kier molecular flexibility index (Phi) is 7.80. The second-order valence-electron chi connectivity index (χ2n) is 6.75. The Balaban J connectivity index is 1.87. The summed E-state index contributed by atoms with van der Waals surface area (Å²) in [6.07, 6.45) is -1.05. The van der Waals surface area contributed by atoms with E-state index >= 15 is 0 Å². The number of anilines is 1. The van der Waals surface area contributed by atoms with Gasteiger partial charge in [-0.15, -0.1) is 0 Å². The molecule has 160 valence electrons. The van der Waals surface area contributed by atoms with Crippen LogP contribution in [-0.2, 0) is 14.3 Å². The molecule has 0 aliphatic carbocycles. The lowest BCUT2D eigenvalue weighted by atomic mass is 10.1. The molecule has 30 heavy (non-hydrogen) atoms. The summed E-state index contributed by atoms with van der Waals surface area (Å²) in [5.41, 5.74) is 2.81. The van der Waals surface area contributed by atoms with Gasteiger partial charge in [-0.05, 0) is 45.0 Å². The van der Waals surface area contributed by atoms with Gasteiger partial charge in [-0.25, -0.2) is 0 Å². The number of aryl methyl sites for hydroxylation is 2. The largest absolute Gasteiger partial charge is 0.493 e. The van der Waals surface area contributed by atoms with Gasteiger partial charge in [-0.3, -0.25) is 14.4 Å². The van der Waals surface area contributed by atoms with Crippen LogP contribution in [0.25, 0.3) is 0 Å². The molecular weight excluding hydrogens is 388 g/mol. The van der Waals surface area contributed by atoms with E-state index in [0.717, 1.165) is 11.1 Å². The Labute approximate surface area is 175 Å². The number of carbonyl (C=O) groups excluding carboxylic acids is 3. The van der Waals surface area contributed by atoms with Crippen molar-refractivity contribution >= 4 is 23.5 Å². The topological polar surface area (TPSA) is 103 Å². The van der Waals surface area contributed by atoms with Gasteiger partial charge in [-0.1, -0.05) is 17.2 Å². The fourth-order valence-corrected chi connectivity index (χ4v) is 2.81. The highest BCUT2D eigenvalue weighted by Gasteiger charge is 2.19. The number of esters is 1. The number of carbonyl (C=O) groups is 3. The summed E-state index contributed by atoms with van der Waals surface area (Å²) in [5.74, 6) is -0.649. The van der Waals surface area contributed by atoms with Gasteiger partial charge in [0.05, 0.1) is 14.2 Å². The first-order valence-electron chi connectivity index (χ1n) is 9.32. The molecule has 8 heteroatoms. The van der Waals surface area contributed by atoms with Crippen LogP contribution in [0.1, 0.15) is 28.4 Å². The first kappa shape index (κ1) is 22.7. The van der Waals surface area contributed by atoms with E-state index in [2.05, 4.69) is 10.6 Å². The quantitative estimate of drug-likeness (QED) is 0.644. The molecule has 1 atom stereocenters. The molecule has 2 rings (SSSR count). The zero-order valence-electron chi connectivity index (χ0n) is 17.7. The van der Waals surface area contributed by atoms with Gasteiger partial charge in [0.1, 0.15) is 6.54 Å². The van der Waals surface area contributed by atoms with E-state index in [4.69, 9.17) is 14.2 Å². The van der Waals surface area contributed by atoms with Crippen LogP contribution >= 0.6 is 0 Å². The molecule has 0 aromatic heterocycles. The Hall–Kier alpha value is -3.55.